The maximum Gasteiger partial charge on any atom is 0.433 e. The second-order valence-corrected chi connectivity index (χ2v) is 6.27. The van der Waals surface area contributed by atoms with E-state index in [1.54, 1.807) is 0 Å². The van der Waals surface area contributed by atoms with Crippen molar-refractivity contribution in [1.82, 2.24) is 15.1 Å². The molecule has 0 bridgehead atoms. The summed E-state index contributed by atoms with van der Waals surface area (Å²) in [5.74, 6) is -1.27. The van der Waals surface area contributed by atoms with Crippen LogP contribution in [0.2, 0.25) is 0 Å². The van der Waals surface area contributed by atoms with Gasteiger partial charge < -0.3 is 10.1 Å². The van der Waals surface area contributed by atoms with Crippen molar-refractivity contribution < 1.29 is 31.9 Å². The van der Waals surface area contributed by atoms with Gasteiger partial charge in [0.25, 0.3) is 0 Å². The van der Waals surface area contributed by atoms with Gasteiger partial charge in [0.15, 0.2) is 5.82 Å². The first-order valence-electron chi connectivity index (χ1n) is 8.22. The maximum absolute atomic E-state index is 14.6. The van der Waals surface area contributed by atoms with Gasteiger partial charge in [-0.3, -0.25) is 9.69 Å². The Labute approximate surface area is 156 Å². The van der Waals surface area contributed by atoms with Crippen LogP contribution in [0.25, 0.3) is 5.69 Å². The lowest BCUT2D eigenvalue weighted by molar-refractivity contribution is -0.142. The minimum absolute atomic E-state index is 0.0621. The van der Waals surface area contributed by atoms with E-state index in [1.807, 2.05) is 0 Å². The molecule has 2 amide bonds. The fourth-order valence-corrected chi connectivity index (χ4v) is 2.82. The third-order valence-corrected chi connectivity index (χ3v) is 4.05. The van der Waals surface area contributed by atoms with Gasteiger partial charge in [0, 0.05) is 6.92 Å². The predicted octanol–water partition coefficient (Wildman–Crippen LogP) is 2.80. The number of anilines is 1. The number of aromatic nitrogens is 2. The Bertz CT molecular complexity index is 926. The molecule has 1 aromatic heterocycles. The fraction of sp³-hybridized carbons (Fsp3) is 0.353. The van der Waals surface area contributed by atoms with Gasteiger partial charge in [0.1, 0.15) is 17.5 Å². The second kappa shape index (κ2) is 7.13. The summed E-state index contributed by atoms with van der Waals surface area (Å²) in [6, 6.07) is 4.17. The van der Waals surface area contributed by atoms with Crippen LogP contribution in [0.4, 0.5) is 28.0 Å². The van der Waals surface area contributed by atoms with E-state index >= 15 is 0 Å². The van der Waals surface area contributed by atoms with E-state index in [2.05, 4.69) is 10.4 Å². The lowest BCUT2D eigenvalue weighted by atomic mass is 10.2. The Morgan fingerprint density at radius 2 is 2.07 bits per heavy atom. The number of nitrogens with zero attached hydrogens (tertiary/aromatic N) is 3. The number of hydrogen-bond acceptors (Lipinski definition) is 4. The van der Waals surface area contributed by atoms with Gasteiger partial charge in [0.2, 0.25) is 5.91 Å². The normalized spacial score (nSPS) is 17.0. The van der Waals surface area contributed by atoms with E-state index in [1.165, 1.54) is 19.9 Å². The van der Waals surface area contributed by atoms with Crippen molar-refractivity contribution in [3.8, 4) is 5.69 Å². The number of ether oxygens (including phenoxy) is 1. The Morgan fingerprint density at radius 3 is 2.68 bits per heavy atom. The third kappa shape index (κ3) is 3.92. The molecule has 2 heterocycles. The number of aryl methyl sites for hydroxylation is 1. The second-order valence-electron chi connectivity index (χ2n) is 6.27. The number of halogens is 4. The van der Waals surface area contributed by atoms with Gasteiger partial charge in [0.05, 0.1) is 24.5 Å². The van der Waals surface area contributed by atoms with Crippen LogP contribution in [0.15, 0.2) is 24.3 Å². The molecule has 0 spiro atoms. The number of cyclic esters (lactones) is 1. The summed E-state index contributed by atoms with van der Waals surface area (Å²) >= 11 is 0. The van der Waals surface area contributed by atoms with Crippen LogP contribution in [-0.2, 0) is 15.7 Å². The molecule has 3 rings (SSSR count). The lowest BCUT2D eigenvalue weighted by Crippen LogP contribution is -2.33. The van der Waals surface area contributed by atoms with E-state index in [9.17, 15) is 27.2 Å². The minimum Gasteiger partial charge on any atom is -0.442 e. The number of benzene rings is 1. The van der Waals surface area contributed by atoms with Crippen LogP contribution in [0.3, 0.4) is 0 Å². The van der Waals surface area contributed by atoms with Crippen molar-refractivity contribution in [1.29, 1.82) is 0 Å². The molecule has 1 aromatic carbocycles. The topological polar surface area (TPSA) is 76.5 Å². The third-order valence-electron chi connectivity index (χ3n) is 4.05. The summed E-state index contributed by atoms with van der Waals surface area (Å²) in [6.45, 7) is 2.84. The highest BCUT2D eigenvalue weighted by atomic mass is 19.4. The summed E-state index contributed by atoms with van der Waals surface area (Å²) in [7, 11) is 0. The van der Waals surface area contributed by atoms with Crippen molar-refractivity contribution in [2.24, 2.45) is 0 Å². The first-order valence-corrected chi connectivity index (χ1v) is 8.22. The molecule has 1 N–H and O–H groups in total. The first-order chi connectivity index (χ1) is 13.1. The molecular weight excluding hydrogens is 384 g/mol. The largest absolute Gasteiger partial charge is 0.442 e. The van der Waals surface area contributed by atoms with Gasteiger partial charge in [-0.15, -0.1) is 0 Å². The van der Waals surface area contributed by atoms with Crippen LogP contribution in [0.1, 0.15) is 18.3 Å². The van der Waals surface area contributed by atoms with Crippen LogP contribution in [0, 0.1) is 12.7 Å². The van der Waals surface area contributed by atoms with Crippen molar-refractivity contribution in [2.75, 3.05) is 18.0 Å². The van der Waals surface area contributed by atoms with Crippen molar-refractivity contribution >= 4 is 17.7 Å². The Kier molecular flexibility index (Phi) is 5.01. The lowest BCUT2D eigenvalue weighted by Gasteiger charge is -2.16. The van der Waals surface area contributed by atoms with Crippen molar-refractivity contribution in [2.45, 2.75) is 26.1 Å². The zero-order chi connectivity index (χ0) is 20.6. The van der Waals surface area contributed by atoms with Crippen molar-refractivity contribution in [3.05, 3.63) is 41.5 Å². The molecule has 0 radical (unpaired) electrons. The molecular formula is C17H16F4N4O3. The number of nitrogens with one attached hydrogen (secondary N) is 1. The average molecular weight is 400 g/mol. The highest BCUT2D eigenvalue weighted by Gasteiger charge is 2.37. The Balaban J connectivity index is 1.86. The molecule has 1 atom stereocenters. The molecule has 1 aliphatic heterocycles. The molecule has 1 aliphatic rings. The van der Waals surface area contributed by atoms with Gasteiger partial charge in [-0.25, -0.2) is 13.9 Å². The van der Waals surface area contributed by atoms with Crippen LogP contribution in [-0.4, -0.2) is 41.0 Å². The van der Waals surface area contributed by atoms with E-state index in [0.29, 0.717) is 4.68 Å². The monoisotopic (exact) mass is 400 g/mol. The van der Waals surface area contributed by atoms with Gasteiger partial charge in [-0.1, -0.05) is 0 Å². The van der Waals surface area contributed by atoms with E-state index in [0.717, 1.165) is 23.1 Å². The molecule has 0 saturated carbocycles. The number of carbonyl (C=O) groups is 2. The standard InChI is InChI=1S/C17H16F4N4O3/c1-9-5-15(17(19,20)21)25(23-9)14-4-3-11(6-13(14)18)24-8-12(28-16(24)27)7-22-10(2)26/h3-6,12H,7-8H2,1-2H3,(H,22,26)/t12-/m0/s1. The van der Waals surface area contributed by atoms with E-state index < -0.39 is 35.6 Å². The van der Waals surface area contributed by atoms with E-state index in [-0.39, 0.29) is 30.4 Å². The SMILES string of the molecule is CC(=O)NC[C@H]1CN(c2ccc(-n3nc(C)cc3C(F)(F)F)c(F)c2)C(=O)O1. The summed E-state index contributed by atoms with van der Waals surface area (Å²) in [6.07, 6.45) is -6.07. The van der Waals surface area contributed by atoms with E-state index in [4.69, 9.17) is 4.74 Å². The summed E-state index contributed by atoms with van der Waals surface area (Å²) < 4.78 is 59.6. The maximum atomic E-state index is 14.6. The fourth-order valence-electron chi connectivity index (χ4n) is 2.82. The Morgan fingerprint density at radius 1 is 1.36 bits per heavy atom. The van der Waals surface area contributed by atoms with Crippen LogP contribution >= 0.6 is 0 Å². The van der Waals surface area contributed by atoms with Crippen molar-refractivity contribution in [3.63, 3.8) is 0 Å². The summed E-state index contributed by atoms with van der Waals surface area (Å²) in [5.41, 5.74) is -1.30. The smallest absolute Gasteiger partial charge is 0.433 e. The summed E-state index contributed by atoms with van der Waals surface area (Å²) in [5, 5.41) is 6.22. The molecule has 1 fully saturated rings. The molecule has 11 heteroatoms. The number of hydrogen-bond donors (Lipinski definition) is 1. The first kappa shape index (κ1) is 19.6. The van der Waals surface area contributed by atoms with Gasteiger partial charge in [-0.05, 0) is 31.2 Å². The highest BCUT2D eigenvalue weighted by Crippen LogP contribution is 2.33. The zero-order valence-electron chi connectivity index (χ0n) is 14.9. The molecule has 150 valence electrons. The average Bonchev–Trinajstić information content (AvgIpc) is 3.15. The zero-order valence-corrected chi connectivity index (χ0v) is 14.9. The van der Waals surface area contributed by atoms with Gasteiger partial charge >= 0.3 is 12.3 Å². The van der Waals surface area contributed by atoms with Crippen LogP contribution < -0.4 is 10.2 Å². The van der Waals surface area contributed by atoms with Crippen LogP contribution in [0.5, 0.6) is 0 Å². The predicted molar refractivity (Wildman–Crippen MR) is 89.6 cm³/mol. The highest BCUT2D eigenvalue weighted by molar-refractivity contribution is 5.90. The number of alkyl halides is 3. The number of carbonyl (C=O) groups excluding carboxylic acids is 2. The van der Waals surface area contributed by atoms with Gasteiger partial charge in [-0.2, -0.15) is 18.3 Å². The Hall–Kier alpha value is -3.11. The molecule has 7 nitrogen and oxygen atoms in total. The molecule has 1 saturated heterocycles. The molecule has 2 aromatic rings. The molecule has 28 heavy (non-hydrogen) atoms. The number of amides is 2. The minimum atomic E-state index is -4.71. The summed E-state index contributed by atoms with van der Waals surface area (Å²) in [4.78, 5) is 24.1. The number of rotatable bonds is 4. The molecule has 0 aliphatic carbocycles. The quantitative estimate of drug-likeness (QED) is 0.801. The molecule has 0 unspecified atom stereocenters.